The Morgan fingerprint density at radius 1 is 1.17 bits per heavy atom. The van der Waals surface area contributed by atoms with Crippen LogP contribution < -0.4 is 4.74 Å². The lowest BCUT2D eigenvalue weighted by molar-refractivity contribution is -0.385. The van der Waals surface area contributed by atoms with E-state index in [1.807, 2.05) is 31.2 Å². The number of ether oxygens (including phenoxy) is 1. The van der Waals surface area contributed by atoms with Crippen LogP contribution in [-0.4, -0.2) is 29.4 Å². The largest absolute Gasteiger partial charge is 0.497 e. The molecule has 0 heterocycles. The van der Waals surface area contributed by atoms with Crippen molar-refractivity contribution in [3.63, 3.8) is 0 Å². The molecular formula is C18H20N2O4. The molecule has 0 saturated heterocycles. The van der Waals surface area contributed by atoms with Crippen LogP contribution in [-0.2, 0) is 17.8 Å². The second-order valence-corrected chi connectivity index (χ2v) is 5.32. The van der Waals surface area contributed by atoms with Gasteiger partial charge in [-0.25, -0.2) is 0 Å². The third-order valence-corrected chi connectivity index (χ3v) is 3.80. The summed E-state index contributed by atoms with van der Waals surface area (Å²) in [7, 11) is 1.60. The molecule has 2 rings (SSSR count). The first-order valence-electron chi connectivity index (χ1n) is 7.68. The topological polar surface area (TPSA) is 72.7 Å². The van der Waals surface area contributed by atoms with Gasteiger partial charge in [0.2, 0.25) is 5.91 Å². The number of para-hydroxylation sites is 1. The Hall–Kier alpha value is -2.89. The molecule has 1 amide bonds. The molecule has 6 nitrogen and oxygen atoms in total. The second-order valence-electron chi connectivity index (χ2n) is 5.32. The van der Waals surface area contributed by atoms with Gasteiger partial charge in [-0.15, -0.1) is 0 Å². The number of nitrogens with zero attached hydrogens (tertiary/aromatic N) is 2. The van der Waals surface area contributed by atoms with Crippen LogP contribution in [0.3, 0.4) is 0 Å². The molecule has 0 spiro atoms. The van der Waals surface area contributed by atoms with Crippen molar-refractivity contribution >= 4 is 11.6 Å². The van der Waals surface area contributed by atoms with Crippen molar-refractivity contribution in [2.24, 2.45) is 0 Å². The van der Waals surface area contributed by atoms with E-state index in [0.29, 0.717) is 18.7 Å². The number of hydrogen-bond donors (Lipinski definition) is 0. The third kappa shape index (κ3) is 4.32. The summed E-state index contributed by atoms with van der Waals surface area (Å²) in [6.07, 6.45) is 0.0150. The highest BCUT2D eigenvalue weighted by Crippen LogP contribution is 2.19. The first-order valence-corrected chi connectivity index (χ1v) is 7.68. The van der Waals surface area contributed by atoms with E-state index >= 15 is 0 Å². The molecule has 6 heteroatoms. The van der Waals surface area contributed by atoms with Gasteiger partial charge in [0.15, 0.2) is 0 Å². The average Bonchev–Trinajstić information content (AvgIpc) is 2.60. The number of amides is 1. The molecule has 126 valence electrons. The lowest BCUT2D eigenvalue weighted by atomic mass is 10.1. The summed E-state index contributed by atoms with van der Waals surface area (Å²) < 4.78 is 5.12. The highest BCUT2D eigenvalue weighted by molar-refractivity contribution is 5.80. The van der Waals surface area contributed by atoms with Crippen molar-refractivity contribution in [1.82, 2.24) is 4.90 Å². The molecule has 0 saturated carbocycles. The average molecular weight is 328 g/mol. The normalized spacial score (nSPS) is 10.2. The lowest BCUT2D eigenvalue weighted by Crippen LogP contribution is -2.31. The maximum Gasteiger partial charge on any atom is 0.273 e. The molecule has 0 bridgehead atoms. The van der Waals surface area contributed by atoms with E-state index in [9.17, 15) is 14.9 Å². The maximum absolute atomic E-state index is 12.5. The Morgan fingerprint density at radius 3 is 2.42 bits per heavy atom. The molecule has 0 aliphatic carbocycles. The number of hydrogen-bond acceptors (Lipinski definition) is 4. The smallest absolute Gasteiger partial charge is 0.273 e. The van der Waals surface area contributed by atoms with Crippen LogP contribution in [0.25, 0.3) is 0 Å². The summed E-state index contributed by atoms with van der Waals surface area (Å²) in [5.74, 6) is 0.621. The van der Waals surface area contributed by atoms with Gasteiger partial charge < -0.3 is 9.64 Å². The zero-order chi connectivity index (χ0) is 17.5. The van der Waals surface area contributed by atoms with Crippen molar-refractivity contribution in [3.8, 4) is 5.75 Å². The molecule has 0 fully saturated rings. The fraction of sp³-hybridized carbons (Fsp3) is 0.278. The van der Waals surface area contributed by atoms with Gasteiger partial charge in [-0.05, 0) is 24.6 Å². The highest BCUT2D eigenvalue weighted by Gasteiger charge is 2.19. The number of likely N-dealkylation sites (N-methyl/N-ethyl adjacent to an activating group) is 1. The van der Waals surface area contributed by atoms with E-state index in [1.54, 1.807) is 30.2 Å². The van der Waals surface area contributed by atoms with Crippen LogP contribution in [0.2, 0.25) is 0 Å². The second kappa shape index (κ2) is 8.10. The molecule has 0 unspecified atom stereocenters. The minimum absolute atomic E-state index is 0.0150. The summed E-state index contributed by atoms with van der Waals surface area (Å²) in [6.45, 7) is 2.88. The molecule has 0 aliphatic heterocycles. The van der Waals surface area contributed by atoms with E-state index in [1.165, 1.54) is 6.07 Å². The first-order chi connectivity index (χ1) is 11.5. The fourth-order valence-electron chi connectivity index (χ4n) is 2.44. The molecule has 0 aromatic heterocycles. The van der Waals surface area contributed by atoms with Crippen molar-refractivity contribution in [1.29, 1.82) is 0 Å². The van der Waals surface area contributed by atoms with Gasteiger partial charge in [-0.2, -0.15) is 0 Å². The Balaban J connectivity index is 2.10. The maximum atomic E-state index is 12.5. The van der Waals surface area contributed by atoms with Gasteiger partial charge in [0.1, 0.15) is 5.75 Å². The Bertz CT molecular complexity index is 713. The van der Waals surface area contributed by atoms with Crippen LogP contribution >= 0.6 is 0 Å². The molecule has 0 aliphatic rings. The van der Waals surface area contributed by atoms with Gasteiger partial charge in [-0.3, -0.25) is 14.9 Å². The SMILES string of the molecule is CCN(Cc1ccc(OC)cc1)C(=O)Cc1ccccc1[N+](=O)[O-]. The number of nitro benzene ring substituents is 1. The van der Waals surface area contributed by atoms with E-state index in [-0.39, 0.29) is 18.0 Å². The lowest BCUT2D eigenvalue weighted by Gasteiger charge is -2.21. The third-order valence-electron chi connectivity index (χ3n) is 3.80. The van der Waals surface area contributed by atoms with Crippen LogP contribution in [0.5, 0.6) is 5.75 Å². The van der Waals surface area contributed by atoms with Crippen molar-refractivity contribution in [2.45, 2.75) is 19.9 Å². The number of benzene rings is 2. The number of carbonyl (C=O) groups excluding carboxylic acids is 1. The number of nitro groups is 1. The Kier molecular flexibility index (Phi) is 5.89. The van der Waals surface area contributed by atoms with Crippen LogP contribution in [0.15, 0.2) is 48.5 Å². The van der Waals surface area contributed by atoms with Crippen LogP contribution in [0.4, 0.5) is 5.69 Å². The van der Waals surface area contributed by atoms with Gasteiger partial charge in [0, 0.05) is 24.7 Å². The van der Waals surface area contributed by atoms with Gasteiger partial charge >= 0.3 is 0 Å². The van der Waals surface area contributed by atoms with Crippen LogP contribution in [0.1, 0.15) is 18.1 Å². The summed E-state index contributed by atoms with van der Waals surface area (Å²) in [4.78, 5) is 24.8. The number of carbonyl (C=O) groups is 1. The van der Waals surface area contributed by atoms with Crippen LogP contribution in [0, 0.1) is 10.1 Å². The standard InChI is InChI=1S/C18H20N2O4/c1-3-19(13-14-8-10-16(24-2)11-9-14)18(21)12-15-6-4-5-7-17(15)20(22)23/h4-11H,3,12-13H2,1-2H3. The first kappa shape index (κ1) is 17.5. The van der Waals surface area contributed by atoms with Gasteiger partial charge in [0.25, 0.3) is 5.69 Å². The van der Waals surface area contributed by atoms with Crippen molar-refractivity contribution in [2.75, 3.05) is 13.7 Å². The van der Waals surface area contributed by atoms with E-state index < -0.39 is 4.92 Å². The predicted molar refractivity (Wildman–Crippen MR) is 90.9 cm³/mol. The molecular weight excluding hydrogens is 308 g/mol. The zero-order valence-corrected chi connectivity index (χ0v) is 13.8. The number of rotatable bonds is 7. The van der Waals surface area contributed by atoms with Crippen molar-refractivity contribution in [3.05, 3.63) is 69.8 Å². The van der Waals surface area contributed by atoms with E-state index in [0.717, 1.165) is 11.3 Å². The Morgan fingerprint density at radius 2 is 1.83 bits per heavy atom. The summed E-state index contributed by atoms with van der Waals surface area (Å²) >= 11 is 0. The summed E-state index contributed by atoms with van der Waals surface area (Å²) in [5, 5.41) is 11.1. The van der Waals surface area contributed by atoms with Gasteiger partial charge in [-0.1, -0.05) is 30.3 Å². The zero-order valence-electron chi connectivity index (χ0n) is 13.8. The highest BCUT2D eigenvalue weighted by atomic mass is 16.6. The molecule has 0 atom stereocenters. The minimum atomic E-state index is -0.456. The van der Waals surface area contributed by atoms with E-state index in [4.69, 9.17) is 4.74 Å². The molecule has 0 radical (unpaired) electrons. The molecule has 24 heavy (non-hydrogen) atoms. The summed E-state index contributed by atoms with van der Waals surface area (Å²) in [5.41, 5.74) is 1.39. The number of methoxy groups -OCH3 is 1. The monoisotopic (exact) mass is 328 g/mol. The fourth-order valence-corrected chi connectivity index (χ4v) is 2.44. The molecule has 2 aromatic carbocycles. The predicted octanol–water partition coefficient (Wildman–Crippen LogP) is 3.19. The van der Waals surface area contributed by atoms with Gasteiger partial charge in [0.05, 0.1) is 18.5 Å². The minimum Gasteiger partial charge on any atom is -0.497 e. The molecule has 2 aromatic rings. The van der Waals surface area contributed by atoms with E-state index in [2.05, 4.69) is 0 Å². The quantitative estimate of drug-likeness (QED) is 0.578. The summed E-state index contributed by atoms with van der Waals surface area (Å²) in [6, 6.07) is 13.8. The van der Waals surface area contributed by atoms with Crippen molar-refractivity contribution < 1.29 is 14.5 Å². The Labute approximate surface area is 140 Å². The molecule has 0 N–H and O–H groups in total.